The van der Waals surface area contributed by atoms with Gasteiger partial charge in [0.25, 0.3) is 0 Å². The highest BCUT2D eigenvalue weighted by Gasteiger charge is 2.18. The van der Waals surface area contributed by atoms with E-state index in [1.807, 2.05) is 24.3 Å². The number of piperidine rings is 1. The van der Waals surface area contributed by atoms with Crippen LogP contribution in [0.4, 0.5) is 5.69 Å². The molecule has 1 atom stereocenters. The Kier molecular flexibility index (Phi) is 3.43. The number of nitrogens with two attached hydrogens (primary N) is 1. The second-order valence-electron chi connectivity index (χ2n) is 4.35. The molecule has 1 fully saturated rings. The van der Waals surface area contributed by atoms with Crippen LogP contribution in [0.2, 0.25) is 0 Å². The van der Waals surface area contributed by atoms with Crippen molar-refractivity contribution < 1.29 is 0 Å². The summed E-state index contributed by atoms with van der Waals surface area (Å²) in [6.07, 6.45) is 2.45. The molecule has 1 aliphatic rings. The fourth-order valence-electron chi connectivity index (χ4n) is 2.24. The highest BCUT2D eigenvalue weighted by Crippen LogP contribution is 2.22. The molecule has 1 heterocycles. The van der Waals surface area contributed by atoms with Crippen LogP contribution >= 0.6 is 0 Å². The first-order valence-corrected chi connectivity index (χ1v) is 5.78. The quantitative estimate of drug-likeness (QED) is 0.817. The van der Waals surface area contributed by atoms with Gasteiger partial charge in [0.2, 0.25) is 0 Å². The van der Waals surface area contributed by atoms with Gasteiger partial charge in [0, 0.05) is 18.8 Å². The molecule has 84 valence electrons. The minimum absolute atomic E-state index is 0.615. The van der Waals surface area contributed by atoms with Gasteiger partial charge < -0.3 is 10.6 Å². The van der Waals surface area contributed by atoms with Crippen LogP contribution in [0.3, 0.4) is 0 Å². The van der Waals surface area contributed by atoms with E-state index in [9.17, 15) is 0 Å². The molecule has 1 aromatic carbocycles. The molecule has 3 nitrogen and oxygen atoms in total. The van der Waals surface area contributed by atoms with Crippen LogP contribution in [0.15, 0.2) is 24.3 Å². The zero-order valence-corrected chi connectivity index (χ0v) is 9.39. The van der Waals surface area contributed by atoms with Gasteiger partial charge in [-0.3, -0.25) is 0 Å². The maximum absolute atomic E-state index is 8.74. The summed E-state index contributed by atoms with van der Waals surface area (Å²) in [6.45, 7) is 2.91. The van der Waals surface area contributed by atoms with Crippen LogP contribution in [-0.2, 0) is 0 Å². The summed E-state index contributed by atoms with van der Waals surface area (Å²) in [5.41, 5.74) is 7.64. The van der Waals surface area contributed by atoms with Gasteiger partial charge in [0.15, 0.2) is 0 Å². The molecule has 1 aliphatic heterocycles. The van der Waals surface area contributed by atoms with Crippen molar-refractivity contribution in [2.24, 2.45) is 11.7 Å². The molecule has 1 unspecified atom stereocenters. The second kappa shape index (κ2) is 5.00. The third-order valence-corrected chi connectivity index (χ3v) is 3.21. The first-order valence-electron chi connectivity index (χ1n) is 5.78. The fourth-order valence-corrected chi connectivity index (χ4v) is 2.24. The SMILES string of the molecule is N#Cc1ccc(N2CCCC(CN)C2)cc1. The number of anilines is 1. The lowest BCUT2D eigenvalue weighted by atomic mass is 9.98. The predicted molar refractivity (Wildman–Crippen MR) is 65.1 cm³/mol. The van der Waals surface area contributed by atoms with E-state index in [1.165, 1.54) is 18.5 Å². The molecule has 0 radical (unpaired) electrons. The third-order valence-electron chi connectivity index (χ3n) is 3.21. The Morgan fingerprint density at radius 3 is 2.75 bits per heavy atom. The Morgan fingerprint density at radius 1 is 1.38 bits per heavy atom. The molecule has 0 amide bonds. The zero-order chi connectivity index (χ0) is 11.4. The Balaban J connectivity index is 2.08. The molecular weight excluding hydrogens is 198 g/mol. The Morgan fingerprint density at radius 2 is 2.12 bits per heavy atom. The number of nitrogens with zero attached hydrogens (tertiary/aromatic N) is 2. The van der Waals surface area contributed by atoms with Crippen LogP contribution in [0.25, 0.3) is 0 Å². The minimum atomic E-state index is 0.615. The van der Waals surface area contributed by atoms with Crippen LogP contribution in [0.1, 0.15) is 18.4 Å². The highest BCUT2D eigenvalue weighted by atomic mass is 15.1. The molecule has 16 heavy (non-hydrogen) atoms. The topological polar surface area (TPSA) is 53.0 Å². The summed E-state index contributed by atoms with van der Waals surface area (Å²) in [5.74, 6) is 0.615. The van der Waals surface area contributed by atoms with Gasteiger partial charge in [0.1, 0.15) is 0 Å². The molecule has 0 spiro atoms. The molecule has 2 N–H and O–H groups in total. The summed E-state index contributed by atoms with van der Waals surface area (Å²) in [7, 11) is 0. The van der Waals surface area contributed by atoms with Gasteiger partial charge in [-0.1, -0.05) is 0 Å². The summed E-state index contributed by atoms with van der Waals surface area (Å²) in [6, 6.07) is 9.94. The third kappa shape index (κ3) is 2.34. The van der Waals surface area contributed by atoms with Gasteiger partial charge in [-0.15, -0.1) is 0 Å². The Bertz CT molecular complexity index is 377. The first kappa shape index (κ1) is 11.0. The summed E-state index contributed by atoms with van der Waals surface area (Å²) < 4.78 is 0. The molecule has 0 aromatic heterocycles. The van der Waals surface area contributed by atoms with E-state index in [4.69, 9.17) is 11.0 Å². The molecule has 0 bridgehead atoms. The largest absolute Gasteiger partial charge is 0.371 e. The van der Waals surface area contributed by atoms with Crippen molar-refractivity contribution >= 4 is 5.69 Å². The van der Waals surface area contributed by atoms with Crippen molar-refractivity contribution in [3.05, 3.63) is 29.8 Å². The van der Waals surface area contributed by atoms with E-state index in [1.54, 1.807) is 0 Å². The average molecular weight is 215 g/mol. The monoisotopic (exact) mass is 215 g/mol. The normalized spacial score (nSPS) is 20.5. The smallest absolute Gasteiger partial charge is 0.0991 e. The van der Waals surface area contributed by atoms with E-state index in [2.05, 4.69) is 11.0 Å². The highest BCUT2D eigenvalue weighted by molar-refractivity contribution is 5.50. The molecule has 0 saturated carbocycles. The van der Waals surface area contributed by atoms with Crippen molar-refractivity contribution in [1.82, 2.24) is 0 Å². The number of benzene rings is 1. The lowest BCUT2D eigenvalue weighted by Crippen LogP contribution is -2.38. The van der Waals surface area contributed by atoms with Gasteiger partial charge in [0.05, 0.1) is 11.6 Å². The van der Waals surface area contributed by atoms with Crippen molar-refractivity contribution in [3.63, 3.8) is 0 Å². The summed E-state index contributed by atoms with van der Waals surface area (Å²) >= 11 is 0. The van der Waals surface area contributed by atoms with E-state index < -0.39 is 0 Å². The molecule has 3 heteroatoms. The van der Waals surface area contributed by atoms with Crippen molar-refractivity contribution in [3.8, 4) is 6.07 Å². The minimum Gasteiger partial charge on any atom is -0.371 e. The van der Waals surface area contributed by atoms with Crippen molar-refractivity contribution in [2.75, 3.05) is 24.5 Å². The van der Waals surface area contributed by atoms with Gasteiger partial charge in [-0.2, -0.15) is 5.26 Å². The molecule has 0 aliphatic carbocycles. The standard InChI is InChI=1S/C13H17N3/c14-8-11-3-5-13(6-4-11)16-7-1-2-12(9-15)10-16/h3-6,12H,1-2,7,9-10,15H2. The van der Waals surface area contributed by atoms with Crippen LogP contribution in [0.5, 0.6) is 0 Å². The molecule has 2 rings (SSSR count). The fraction of sp³-hybridized carbons (Fsp3) is 0.462. The Labute approximate surface area is 96.5 Å². The number of nitriles is 1. The zero-order valence-electron chi connectivity index (χ0n) is 9.39. The Hall–Kier alpha value is -1.53. The van der Waals surface area contributed by atoms with Gasteiger partial charge in [-0.05, 0) is 49.6 Å². The van der Waals surface area contributed by atoms with Crippen LogP contribution in [-0.4, -0.2) is 19.6 Å². The lowest BCUT2D eigenvalue weighted by molar-refractivity contribution is 0.423. The van der Waals surface area contributed by atoms with Crippen LogP contribution < -0.4 is 10.6 Å². The summed E-state index contributed by atoms with van der Waals surface area (Å²) in [4.78, 5) is 2.36. The first-order chi connectivity index (χ1) is 7.83. The van der Waals surface area contributed by atoms with Gasteiger partial charge in [-0.25, -0.2) is 0 Å². The van der Waals surface area contributed by atoms with E-state index in [0.29, 0.717) is 5.92 Å². The van der Waals surface area contributed by atoms with E-state index in [0.717, 1.165) is 25.2 Å². The van der Waals surface area contributed by atoms with Crippen molar-refractivity contribution in [1.29, 1.82) is 5.26 Å². The molecular formula is C13H17N3. The van der Waals surface area contributed by atoms with E-state index in [-0.39, 0.29) is 0 Å². The maximum Gasteiger partial charge on any atom is 0.0991 e. The lowest BCUT2D eigenvalue weighted by Gasteiger charge is -2.33. The second-order valence-corrected chi connectivity index (χ2v) is 4.35. The predicted octanol–water partition coefficient (Wildman–Crippen LogP) is 1.73. The van der Waals surface area contributed by atoms with Gasteiger partial charge >= 0.3 is 0 Å². The number of hydrogen-bond donors (Lipinski definition) is 1. The molecule has 1 aromatic rings. The van der Waals surface area contributed by atoms with E-state index >= 15 is 0 Å². The maximum atomic E-state index is 8.74. The average Bonchev–Trinajstić information content (AvgIpc) is 2.39. The summed E-state index contributed by atoms with van der Waals surface area (Å²) in [5, 5.41) is 8.74. The van der Waals surface area contributed by atoms with Crippen molar-refractivity contribution in [2.45, 2.75) is 12.8 Å². The number of rotatable bonds is 2. The number of hydrogen-bond acceptors (Lipinski definition) is 3. The molecule has 1 saturated heterocycles. The van der Waals surface area contributed by atoms with Crippen LogP contribution in [0, 0.1) is 17.2 Å².